The lowest BCUT2D eigenvalue weighted by Gasteiger charge is -2.17. The van der Waals surface area contributed by atoms with E-state index in [2.05, 4.69) is 10.1 Å². The maximum Gasteiger partial charge on any atom is 0.416 e. The average Bonchev–Trinajstić information content (AvgIpc) is 2.60. The molecule has 2 aromatic rings. The van der Waals surface area contributed by atoms with Gasteiger partial charge in [-0.3, -0.25) is 4.79 Å². The summed E-state index contributed by atoms with van der Waals surface area (Å²) in [6.07, 6.45) is -4.49. The van der Waals surface area contributed by atoms with Crippen molar-refractivity contribution in [2.75, 3.05) is 7.11 Å². The first-order valence-electron chi connectivity index (χ1n) is 7.51. The number of benzene rings is 2. The summed E-state index contributed by atoms with van der Waals surface area (Å²) in [5.74, 6) is -1.53. The first-order valence-corrected chi connectivity index (χ1v) is 7.89. The molecule has 2 rings (SSSR count). The van der Waals surface area contributed by atoms with Crippen LogP contribution in [0.3, 0.4) is 0 Å². The number of methoxy groups -OCH3 is 1. The molecule has 0 saturated carbocycles. The van der Waals surface area contributed by atoms with Crippen LogP contribution in [0.4, 0.5) is 13.2 Å². The fourth-order valence-corrected chi connectivity index (χ4v) is 2.53. The first-order chi connectivity index (χ1) is 12.2. The van der Waals surface area contributed by atoms with Gasteiger partial charge in [0.15, 0.2) is 0 Å². The van der Waals surface area contributed by atoms with Gasteiger partial charge in [-0.25, -0.2) is 4.79 Å². The van der Waals surface area contributed by atoms with Crippen molar-refractivity contribution >= 4 is 23.5 Å². The van der Waals surface area contributed by atoms with E-state index in [1.807, 2.05) is 0 Å². The molecule has 0 unspecified atom stereocenters. The van der Waals surface area contributed by atoms with Crippen LogP contribution in [-0.2, 0) is 22.1 Å². The first kappa shape index (κ1) is 19.8. The summed E-state index contributed by atoms with van der Waals surface area (Å²) < 4.78 is 43.0. The van der Waals surface area contributed by atoms with Gasteiger partial charge >= 0.3 is 12.1 Å². The summed E-state index contributed by atoms with van der Waals surface area (Å²) in [5, 5.41) is 2.86. The van der Waals surface area contributed by atoms with Crippen LogP contribution >= 0.6 is 11.6 Å². The van der Waals surface area contributed by atoms with Gasteiger partial charge in [-0.05, 0) is 35.9 Å². The van der Waals surface area contributed by atoms with E-state index in [9.17, 15) is 22.8 Å². The summed E-state index contributed by atoms with van der Waals surface area (Å²) in [7, 11) is 1.16. The number of esters is 1. The predicted octanol–water partition coefficient (Wildman–Crippen LogP) is 3.87. The monoisotopic (exact) mass is 385 g/mol. The Morgan fingerprint density at radius 1 is 1.15 bits per heavy atom. The van der Waals surface area contributed by atoms with E-state index in [-0.39, 0.29) is 12.0 Å². The summed E-state index contributed by atoms with van der Waals surface area (Å²) in [4.78, 5) is 24.2. The Kier molecular flexibility index (Phi) is 6.26. The van der Waals surface area contributed by atoms with Crippen LogP contribution < -0.4 is 5.32 Å². The van der Waals surface area contributed by atoms with Crippen LogP contribution in [0.15, 0.2) is 48.5 Å². The van der Waals surface area contributed by atoms with Crippen molar-refractivity contribution in [3.8, 4) is 0 Å². The van der Waals surface area contributed by atoms with E-state index in [1.165, 1.54) is 6.07 Å². The smallest absolute Gasteiger partial charge is 0.416 e. The molecule has 8 heteroatoms. The highest BCUT2D eigenvalue weighted by atomic mass is 35.5. The number of nitrogens with one attached hydrogen (secondary N) is 1. The molecular weight excluding hydrogens is 371 g/mol. The van der Waals surface area contributed by atoms with E-state index in [0.717, 1.165) is 25.3 Å². The van der Waals surface area contributed by atoms with E-state index < -0.39 is 29.7 Å². The third-order valence-electron chi connectivity index (χ3n) is 3.57. The Labute approximate surface area is 152 Å². The fourth-order valence-electron chi connectivity index (χ4n) is 2.31. The second kappa shape index (κ2) is 8.23. The lowest BCUT2D eigenvalue weighted by Crippen LogP contribution is -2.43. The minimum absolute atomic E-state index is 0.0813. The molecule has 138 valence electrons. The molecule has 1 amide bonds. The normalized spacial score (nSPS) is 12.3. The van der Waals surface area contributed by atoms with Crippen LogP contribution in [0.1, 0.15) is 21.5 Å². The summed E-state index contributed by atoms with van der Waals surface area (Å²) in [5.41, 5.74) is -0.494. The Morgan fingerprint density at radius 3 is 2.46 bits per heavy atom. The molecule has 26 heavy (non-hydrogen) atoms. The van der Waals surface area contributed by atoms with Crippen LogP contribution in [0.5, 0.6) is 0 Å². The van der Waals surface area contributed by atoms with Crippen molar-refractivity contribution in [1.82, 2.24) is 5.32 Å². The molecule has 0 spiro atoms. The maximum atomic E-state index is 12.8. The zero-order valence-corrected chi connectivity index (χ0v) is 14.4. The predicted molar refractivity (Wildman–Crippen MR) is 89.9 cm³/mol. The Hall–Kier alpha value is -2.54. The molecule has 1 N–H and O–H groups in total. The van der Waals surface area contributed by atoms with Gasteiger partial charge in [0.2, 0.25) is 0 Å². The number of hydrogen-bond donors (Lipinski definition) is 1. The van der Waals surface area contributed by atoms with Crippen molar-refractivity contribution < 1.29 is 27.5 Å². The molecular formula is C18H15ClF3NO3. The summed E-state index contributed by atoms with van der Waals surface area (Å²) in [6, 6.07) is 9.54. The summed E-state index contributed by atoms with van der Waals surface area (Å²) >= 11 is 5.89. The Bertz CT molecular complexity index is 808. The van der Waals surface area contributed by atoms with Crippen molar-refractivity contribution in [3.05, 3.63) is 70.2 Å². The van der Waals surface area contributed by atoms with Crippen molar-refractivity contribution in [2.45, 2.75) is 18.6 Å². The van der Waals surface area contributed by atoms with Gasteiger partial charge in [0.25, 0.3) is 5.91 Å². The van der Waals surface area contributed by atoms with Crippen molar-refractivity contribution in [3.63, 3.8) is 0 Å². The number of amides is 1. The zero-order valence-electron chi connectivity index (χ0n) is 13.6. The van der Waals surface area contributed by atoms with E-state index in [0.29, 0.717) is 10.6 Å². The van der Waals surface area contributed by atoms with Gasteiger partial charge in [-0.15, -0.1) is 0 Å². The van der Waals surface area contributed by atoms with Gasteiger partial charge in [0.1, 0.15) is 6.04 Å². The number of rotatable bonds is 5. The molecule has 2 aromatic carbocycles. The third kappa shape index (κ3) is 5.23. The Balaban J connectivity index is 2.20. The van der Waals surface area contributed by atoms with Crippen LogP contribution in [0, 0.1) is 0 Å². The van der Waals surface area contributed by atoms with Gasteiger partial charge < -0.3 is 10.1 Å². The highest BCUT2D eigenvalue weighted by Gasteiger charge is 2.31. The lowest BCUT2D eigenvalue weighted by molar-refractivity contribution is -0.143. The molecule has 0 heterocycles. The van der Waals surface area contributed by atoms with E-state index in [4.69, 9.17) is 11.6 Å². The second-order valence-corrected chi connectivity index (χ2v) is 5.90. The second-order valence-electron chi connectivity index (χ2n) is 5.46. The van der Waals surface area contributed by atoms with Gasteiger partial charge in [0.05, 0.1) is 12.7 Å². The number of hydrogen-bond acceptors (Lipinski definition) is 3. The van der Waals surface area contributed by atoms with Gasteiger partial charge in [-0.1, -0.05) is 29.8 Å². The van der Waals surface area contributed by atoms with E-state index >= 15 is 0 Å². The molecule has 0 aliphatic rings. The number of carbonyl (C=O) groups excluding carboxylic acids is 2. The van der Waals surface area contributed by atoms with Gasteiger partial charge in [0, 0.05) is 17.0 Å². The van der Waals surface area contributed by atoms with Crippen molar-refractivity contribution in [1.29, 1.82) is 0 Å². The molecule has 4 nitrogen and oxygen atoms in total. The van der Waals surface area contributed by atoms with Crippen LogP contribution in [0.2, 0.25) is 5.02 Å². The number of halogens is 4. The minimum atomic E-state index is -4.57. The molecule has 0 radical (unpaired) electrons. The molecule has 0 bridgehead atoms. The minimum Gasteiger partial charge on any atom is -0.467 e. The molecule has 0 aliphatic carbocycles. The van der Waals surface area contributed by atoms with Crippen LogP contribution in [-0.4, -0.2) is 25.0 Å². The van der Waals surface area contributed by atoms with E-state index in [1.54, 1.807) is 24.3 Å². The van der Waals surface area contributed by atoms with Gasteiger partial charge in [-0.2, -0.15) is 13.2 Å². The molecule has 0 aliphatic heterocycles. The molecule has 0 aromatic heterocycles. The van der Waals surface area contributed by atoms with Crippen molar-refractivity contribution in [2.24, 2.45) is 0 Å². The SMILES string of the molecule is COC(=O)[C@@H](Cc1cccc(Cl)c1)NC(=O)c1cccc(C(F)(F)F)c1. The molecule has 0 saturated heterocycles. The zero-order chi connectivity index (χ0) is 19.3. The number of alkyl halides is 3. The summed E-state index contributed by atoms with van der Waals surface area (Å²) in [6.45, 7) is 0. The number of ether oxygens (including phenoxy) is 1. The molecule has 1 atom stereocenters. The third-order valence-corrected chi connectivity index (χ3v) is 3.81. The fraction of sp³-hybridized carbons (Fsp3) is 0.222. The Morgan fingerprint density at radius 2 is 1.85 bits per heavy atom. The quantitative estimate of drug-likeness (QED) is 0.795. The number of carbonyl (C=O) groups is 2. The topological polar surface area (TPSA) is 55.4 Å². The largest absolute Gasteiger partial charge is 0.467 e. The van der Waals surface area contributed by atoms with Crippen LogP contribution in [0.25, 0.3) is 0 Å². The lowest BCUT2D eigenvalue weighted by atomic mass is 10.0. The average molecular weight is 386 g/mol. The highest BCUT2D eigenvalue weighted by Crippen LogP contribution is 2.29. The highest BCUT2D eigenvalue weighted by molar-refractivity contribution is 6.30. The maximum absolute atomic E-state index is 12.8. The molecule has 0 fully saturated rings. The standard InChI is InChI=1S/C18H15ClF3NO3/c1-26-17(25)15(9-11-4-2-7-14(19)8-11)23-16(24)12-5-3-6-13(10-12)18(20,21)22/h2-8,10,15H,9H2,1H3,(H,23,24)/t15-/m1/s1.